The van der Waals surface area contributed by atoms with Gasteiger partial charge in [0.2, 0.25) is 5.76 Å². The Morgan fingerprint density at radius 3 is 2.32 bits per heavy atom. The quantitative estimate of drug-likeness (QED) is 0.296. The van der Waals surface area contributed by atoms with Crippen molar-refractivity contribution in [1.82, 2.24) is 0 Å². The molecule has 126 valence electrons. The summed E-state index contributed by atoms with van der Waals surface area (Å²) in [5, 5.41) is 16.0. The second-order valence-electron chi connectivity index (χ2n) is 5.79. The molecule has 0 saturated carbocycles. The molecule has 0 aliphatic rings. The predicted molar refractivity (Wildman–Crippen MR) is 109 cm³/mol. The van der Waals surface area contributed by atoms with Gasteiger partial charge in [-0.25, -0.2) is 0 Å². The molecule has 2 heterocycles. The van der Waals surface area contributed by atoms with Crippen LogP contribution < -0.4 is 9.88 Å². The summed E-state index contributed by atoms with van der Waals surface area (Å²) in [6, 6.07) is 15.7. The van der Waals surface area contributed by atoms with Gasteiger partial charge in [0.25, 0.3) is 5.70 Å². The molecule has 0 fully saturated rings. The maximum Gasteiger partial charge on any atom is 0.289 e. The lowest BCUT2D eigenvalue weighted by atomic mass is 10.1. The minimum Gasteiger partial charge on any atom is -0.501 e. The van der Waals surface area contributed by atoms with Gasteiger partial charge in [0.15, 0.2) is 17.4 Å². The zero-order valence-corrected chi connectivity index (χ0v) is 15.7. The van der Waals surface area contributed by atoms with E-state index in [1.165, 1.54) is 11.3 Å². The van der Waals surface area contributed by atoms with Crippen LogP contribution in [-0.4, -0.2) is 10.1 Å². The first kappa shape index (κ1) is 17.3. The molecule has 2 aromatic heterocycles. The van der Waals surface area contributed by atoms with Crippen molar-refractivity contribution in [2.24, 2.45) is 0 Å². The van der Waals surface area contributed by atoms with E-state index in [1.54, 1.807) is 0 Å². The van der Waals surface area contributed by atoms with Crippen molar-refractivity contribution in [3.05, 3.63) is 82.3 Å². The van der Waals surface area contributed by atoms with Gasteiger partial charge in [-0.3, -0.25) is 0 Å². The number of benzene rings is 1. The average Bonchev–Trinajstić information content (AvgIpc) is 3.09. The Bertz CT molecular complexity index is 896. The topological polar surface area (TPSA) is 36.1 Å². The van der Waals surface area contributed by atoms with E-state index >= 15 is 0 Å². The van der Waals surface area contributed by atoms with Crippen LogP contribution in [0.15, 0.2) is 66.3 Å². The van der Waals surface area contributed by atoms with Crippen molar-refractivity contribution < 1.29 is 9.67 Å². The van der Waals surface area contributed by atoms with Gasteiger partial charge in [-0.15, -0.1) is 11.3 Å². The second kappa shape index (κ2) is 7.59. The van der Waals surface area contributed by atoms with Crippen molar-refractivity contribution in [1.29, 1.82) is 0 Å². The summed E-state index contributed by atoms with van der Waals surface area (Å²) in [7, 11) is 0. The second-order valence-corrected chi connectivity index (χ2v) is 7.14. The Morgan fingerprint density at radius 2 is 1.72 bits per heavy atom. The number of hydrogen-bond donors (Lipinski definition) is 2. The molecule has 0 amide bonds. The SMILES string of the molecule is Cc1cc(C)cc(NC(=S)/C(=C(\O)c2cccs2)[n+]2ccccc2)c1. The van der Waals surface area contributed by atoms with Crippen molar-refractivity contribution in [2.75, 3.05) is 5.32 Å². The molecule has 5 heteroatoms. The lowest BCUT2D eigenvalue weighted by Crippen LogP contribution is -2.38. The number of hydrogen-bond acceptors (Lipinski definition) is 3. The van der Waals surface area contributed by atoms with Crippen LogP contribution in [0.4, 0.5) is 5.69 Å². The fourth-order valence-electron chi connectivity index (χ4n) is 2.66. The molecule has 2 N–H and O–H groups in total. The number of anilines is 1. The third-order valence-electron chi connectivity index (χ3n) is 3.65. The zero-order chi connectivity index (χ0) is 17.8. The van der Waals surface area contributed by atoms with E-state index in [0.29, 0.717) is 10.7 Å². The molecule has 0 aliphatic heterocycles. The molecule has 0 bridgehead atoms. The number of nitrogens with zero attached hydrogens (tertiary/aromatic N) is 1. The highest BCUT2D eigenvalue weighted by molar-refractivity contribution is 7.81. The van der Waals surface area contributed by atoms with Crippen molar-refractivity contribution in [2.45, 2.75) is 13.8 Å². The normalized spacial score (nSPS) is 11.8. The summed E-state index contributed by atoms with van der Waals surface area (Å²) in [5.74, 6) is 0.160. The van der Waals surface area contributed by atoms with Crippen molar-refractivity contribution >= 4 is 45.7 Å². The largest absolute Gasteiger partial charge is 0.501 e. The maximum absolute atomic E-state index is 10.8. The molecule has 0 atom stereocenters. The van der Waals surface area contributed by atoms with Crippen molar-refractivity contribution in [3.63, 3.8) is 0 Å². The summed E-state index contributed by atoms with van der Waals surface area (Å²) in [4.78, 5) is 1.24. The molecule has 1 aromatic carbocycles. The Balaban J connectivity index is 2.03. The number of aryl methyl sites for hydroxylation is 2. The van der Waals surface area contributed by atoms with Gasteiger partial charge >= 0.3 is 0 Å². The highest BCUT2D eigenvalue weighted by Crippen LogP contribution is 2.23. The average molecular weight is 368 g/mol. The molecule has 25 heavy (non-hydrogen) atoms. The van der Waals surface area contributed by atoms with Crippen LogP contribution in [0.3, 0.4) is 0 Å². The fourth-order valence-corrected chi connectivity index (χ4v) is 3.65. The smallest absolute Gasteiger partial charge is 0.289 e. The highest BCUT2D eigenvalue weighted by Gasteiger charge is 2.24. The van der Waals surface area contributed by atoms with Gasteiger partial charge in [0.05, 0.1) is 4.88 Å². The molecule has 3 nitrogen and oxygen atoms in total. The Labute approximate surface area is 156 Å². The number of rotatable bonds is 4. The first-order valence-electron chi connectivity index (χ1n) is 7.88. The van der Waals surface area contributed by atoms with E-state index in [2.05, 4.69) is 11.4 Å². The number of aliphatic hydroxyl groups excluding tert-OH is 1. The number of aliphatic hydroxyl groups is 1. The van der Waals surface area contributed by atoms with Gasteiger partial charge in [-0.1, -0.05) is 30.4 Å². The number of nitrogens with one attached hydrogen (secondary N) is 1. The maximum atomic E-state index is 10.8. The summed E-state index contributed by atoms with van der Waals surface area (Å²) < 4.78 is 1.83. The van der Waals surface area contributed by atoms with E-state index < -0.39 is 0 Å². The third kappa shape index (κ3) is 4.13. The van der Waals surface area contributed by atoms with E-state index in [4.69, 9.17) is 12.2 Å². The van der Waals surface area contributed by atoms with Crippen LogP contribution in [0.25, 0.3) is 11.5 Å². The molecule has 0 spiro atoms. The van der Waals surface area contributed by atoms with Gasteiger partial charge in [-0.05, 0) is 48.6 Å². The standard InChI is InChI=1S/C20H18N2OS2/c1-14-11-15(2)13-16(12-14)21-20(24)18(22-8-4-3-5-9-22)19(23)17-7-6-10-25-17/h3-13H,1-2H3,(H-,21,23,24)/p+1. The van der Waals surface area contributed by atoms with E-state index in [1.807, 2.05) is 78.7 Å². The van der Waals surface area contributed by atoms with Gasteiger partial charge < -0.3 is 10.4 Å². The number of aromatic nitrogens is 1. The van der Waals surface area contributed by atoms with Crippen LogP contribution in [0.1, 0.15) is 16.0 Å². The van der Waals surface area contributed by atoms with Crippen molar-refractivity contribution in [3.8, 4) is 0 Å². The Kier molecular flexibility index (Phi) is 5.26. The Morgan fingerprint density at radius 1 is 1.04 bits per heavy atom. The van der Waals surface area contributed by atoms with E-state index in [0.717, 1.165) is 21.7 Å². The fraction of sp³-hybridized carbons (Fsp3) is 0.100. The molecule has 0 radical (unpaired) electrons. The first-order chi connectivity index (χ1) is 12.0. The first-order valence-corrected chi connectivity index (χ1v) is 9.17. The van der Waals surface area contributed by atoms with Crippen LogP contribution in [0.5, 0.6) is 0 Å². The predicted octanol–water partition coefficient (Wildman–Crippen LogP) is 4.98. The molecular formula is C20H19N2OS2+. The van der Waals surface area contributed by atoms with Crippen LogP contribution in [0.2, 0.25) is 0 Å². The lowest BCUT2D eigenvalue weighted by molar-refractivity contribution is -0.575. The molecule has 3 aromatic rings. The minimum absolute atomic E-state index is 0.160. The van der Waals surface area contributed by atoms with Crippen LogP contribution in [0, 0.1) is 13.8 Å². The molecule has 0 saturated heterocycles. The van der Waals surface area contributed by atoms with E-state index in [-0.39, 0.29) is 5.76 Å². The van der Waals surface area contributed by atoms with E-state index in [9.17, 15) is 5.11 Å². The van der Waals surface area contributed by atoms with Gasteiger partial charge in [0, 0.05) is 17.8 Å². The lowest BCUT2D eigenvalue weighted by Gasteiger charge is -2.11. The summed E-state index contributed by atoms with van der Waals surface area (Å²) >= 11 is 7.11. The minimum atomic E-state index is 0.160. The molecule has 0 aliphatic carbocycles. The number of thiophene rings is 1. The van der Waals surface area contributed by atoms with Crippen LogP contribution >= 0.6 is 23.6 Å². The highest BCUT2D eigenvalue weighted by atomic mass is 32.1. The summed E-state index contributed by atoms with van der Waals surface area (Å²) in [5.41, 5.74) is 3.78. The summed E-state index contributed by atoms with van der Waals surface area (Å²) in [6.45, 7) is 4.10. The third-order valence-corrected chi connectivity index (χ3v) is 4.82. The van der Waals surface area contributed by atoms with Crippen LogP contribution in [-0.2, 0) is 0 Å². The zero-order valence-electron chi connectivity index (χ0n) is 14.1. The number of pyridine rings is 1. The number of thiocarbonyl (C=S) groups is 1. The molecule has 0 unspecified atom stereocenters. The molecule has 3 rings (SSSR count). The van der Waals surface area contributed by atoms with Gasteiger partial charge in [-0.2, -0.15) is 4.57 Å². The summed E-state index contributed by atoms with van der Waals surface area (Å²) in [6.07, 6.45) is 3.74. The molecular weight excluding hydrogens is 348 g/mol. The Hall–Kier alpha value is -2.50. The van der Waals surface area contributed by atoms with Gasteiger partial charge in [0.1, 0.15) is 0 Å². The monoisotopic (exact) mass is 367 g/mol.